The van der Waals surface area contributed by atoms with Crippen molar-refractivity contribution in [3.8, 4) is 0 Å². The number of nitro benzene ring substituents is 1. The number of aryl methyl sites for hydroxylation is 1. The summed E-state index contributed by atoms with van der Waals surface area (Å²) >= 11 is 0. The predicted molar refractivity (Wildman–Crippen MR) is 150 cm³/mol. The number of carbonyl (C=O) groups excluding carboxylic acids is 1. The van der Waals surface area contributed by atoms with Crippen LogP contribution < -0.4 is 0 Å². The van der Waals surface area contributed by atoms with Gasteiger partial charge in [-0.2, -0.15) is 0 Å². The first kappa shape index (κ1) is 26.1. The van der Waals surface area contributed by atoms with Crippen molar-refractivity contribution in [1.29, 1.82) is 0 Å². The Kier molecular flexibility index (Phi) is 8.18. The van der Waals surface area contributed by atoms with Crippen LogP contribution in [0.15, 0.2) is 78.9 Å². The molecule has 3 aromatic rings. The molecule has 1 saturated carbocycles. The van der Waals surface area contributed by atoms with E-state index in [1.54, 1.807) is 12.1 Å². The molecule has 1 aliphatic carbocycles. The second-order valence-corrected chi connectivity index (χ2v) is 10.9. The smallest absolute Gasteiger partial charge is 0.273 e. The number of hydrogen-bond donors (Lipinski definition) is 0. The molecule has 198 valence electrons. The predicted octanol–water partition coefficient (Wildman–Crippen LogP) is 6.59. The maximum absolute atomic E-state index is 13.9. The molecular formula is C32H37N3O3. The molecule has 2 aliphatic rings. The van der Waals surface area contributed by atoms with Gasteiger partial charge in [0.1, 0.15) is 0 Å². The van der Waals surface area contributed by atoms with Crippen molar-refractivity contribution < 1.29 is 9.72 Å². The summed E-state index contributed by atoms with van der Waals surface area (Å²) < 4.78 is 0. The van der Waals surface area contributed by atoms with Gasteiger partial charge < -0.3 is 4.90 Å². The molecule has 5 rings (SSSR count). The number of nitrogens with zero attached hydrogens (tertiary/aromatic N) is 3. The van der Waals surface area contributed by atoms with Gasteiger partial charge in [0.15, 0.2) is 0 Å². The van der Waals surface area contributed by atoms with Crippen LogP contribution in [0.1, 0.15) is 65.1 Å². The van der Waals surface area contributed by atoms with Crippen LogP contribution in [0.3, 0.4) is 0 Å². The summed E-state index contributed by atoms with van der Waals surface area (Å²) in [7, 11) is 0. The fourth-order valence-corrected chi connectivity index (χ4v) is 6.48. The van der Waals surface area contributed by atoms with Crippen LogP contribution in [0.5, 0.6) is 0 Å². The second-order valence-electron chi connectivity index (χ2n) is 10.9. The molecule has 6 heteroatoms. The Morgan fingerprint density at radius 3 is 2.34 bits per heavy atom. The molecule has 38 heavy (non-hydrogen) atoms. The van der Waals surface area contributed by atoms with Gasteiger partial charge in [0.25, 0.3) is 11.6 Å². The Bertz CT molecular complexity index is 1260. The van der Waals surface area contributed by atoms with Crippen molar-refractivity contribution in [1.82, 2.24) is 9.80 Å². The maximum atomic E-state index is 13.9. The molecule has 0 aromatic heterocycles. The van der Waals surface area contributed by atoms with Gasteiger partial charge in [-0.25, -0.2) is 0 Å². The van der Waals surface area contributed by atoms with Crippen LogP contribution in [-0.4, -0.2) is 46.3 Å². The van der Waals surface area contributed by atoms with E-state index < -0.39 is 0 Å². The standard InChI is InChI=1S/C32H37N3O3/c1-24-12-8-10-18-29(24)30-23-33(20-26-15-9-11-19-31(26)35(37)38)21-27(30)22-34(28-16-6-3-7-17-28)32(36)25-13-4-2-5-14-25/h2,4-5,8-15,18-19,27-28,30H,3,6-7,16-17,20-23H2,1H3. The van der Waals surface area contributed by atoms with Gasteiger partial charge in [-0.3, -0.25) is 19.8 Å². The summed E-state index contributed by atoms with van der Waals surface area (Å²) in [4.78, 5) is 29.8. The van der Waals surface area contributed by atoms with E-state index in [0.717, 1.165) is 37.1 Å². The Labute approximate surface area is 225 Å². The fourth-order valence-electron chi connectivity index (χ4n) is 6.48. The average molecular weight is 512 g/mol. The molecule has 0 N–H and O–H groups in total. The summed E-state index contributed by atoms with van der Waals surface area (Å²) in [5.74, 6) is 0.625. The third-order valence-electron chi connectivity index (χ3n) is 8.42. The lowest BCUT2D eigenvalue weighted by Crippen LogP contribution is -2.45. The van der Waals surface area contributed by atoms with Gasteiger partial charge in [-0.1, -0.05) is 79.9 Å². The fraction of sp³-hybridized carbons (Fsp3) is 0.406. The first-order valence-corrected chi connectivity index (χ1v) is 13.9. The normalized spacial score (nSPS) is 20.3. The van der Waals surface area contributed by atoms with Gasteiger partial charge >= 0.3 is 0 Å². The number of likely N-dealkylation sites (tertiary alicyclic amines) is 1. The van der Waals surface area contributed by atoms with Crippen LogP contribution in [0.2, 0.25) is 0 Å². The van der Waals surface area contributed by atoms with E-state index >= 15 is 0 Å². The molecular weight excluding hydrogens is 474 g/mol. The third-order valence-corrected chi connectivity index (χ3v) is 8.42. The van der Waals surface area contributed by atoms with Gasteiger partial charge in [-0.15, -0.1) is 0 Å². The maximum Gasteiger partial charge on any atom is 0.273 e. The summed E-state index contributed by atoms with van der Waals surface area (Å²) in [6.45, 7) is 5.01. The lowest BCUT2D eigenvalue weighted by atomic mass is 9.85. The molecule has 2 atom stereocenters. The van der Waals surface area contributed by atoms with Crippen LogP contribution in [0.4, 0.5) is 5.69 Å². The lowest BCUT2D eigenvalue weighted by molar-refractivity contribution is -0.385. The quantitative estimate of drug-likeness (QED) is 0.253. The summed E-state index contributed by atoms with van der Waals surface area (Å²) in [6.07, 6.45) is 5.68. The molecule has 0 bridgehead atoms. The van der Waals surface area contributed by atoms with Crippen molar-refractivity contribution in [2.24, 2.45) is 5.92 Å². The van der Waals surface area contributed by atoms with E-state index in [1.165, 1.54) is 30.4 Å². The van der Waals surface area contributed by atoms with Crippen LogP contribution >= 0.6 is 0 Å². The zero-order chi connectivity index (χ0) is 26.5. The minimum atomic E-state index is -0.287. The van der Waals surface area contributed by atoms with Crippen molar-refractivity contribution in [2.45, 2.75) is 57.5 Å². The van der Waals surface area contributed by atoms with Crippen LogP contribution in [0.25, 0.3) is 0 Å². The number of benzene rings is 3. The summed E-state index contributed by atoms with van der Waals surface area (Å²) in [5, 5.41) is 11.7. The zero-order valence-electron chi connectivity index (χ0n) is 22.2. The molecule has 2 fully saturated rings. The molecule has 2 unspecified atom stereocenters. The second kappa shape index (κ2) is 11.9. The number of amides is 1. The lowest BCUT2D eigenvalue weighted by Gasteiger charge is -2.37. The Balaban J connectivity index is 1.44. The van der Waals surface area contributed by atoms with E-state index in [2.05, 4.69) is 41.0 Å². The molecule has 1 heterocycles. The molecule has 0 radical (unpaired) electrons. The highest BCUT2D eigenvalue weighted by atomic mass is 16.6. The minimum absolute atomic E-state index is 0.123. The van der Waals surface area contributed by atoms with Crippen molar-refractivity contribution >= 4 is 11.6 Å². The molecule has 6 nitrogen and oxygen atoms in total. The summed E-state index contributed by atoms with van der Waals surface area (Å²) in [6, 6.07) is 25.5. The van der Waals surface area contributed by atoms with Crippen LogP contribution in [-0.2, 0) is 6.54 Å². The van der Waals surface area contributed by atoms with Gasteiger partial charge in [0.2, 0.25) is 0 Å². The highest BCUT2D eigenvalue weighted by molar-refractivity contribution is 5.94. The van der Waals surface area contributed by atoms with E-state index in [-0.39, 0.29) is 34.4 Å². The topological polar surface area (TPSA) is 66.7 Å². The van der Waals surface area contributed by atoms with Crippen molar-refractivity contribution in [3.63, 3.8) is 0 Å². The van der Waals surface area contributed by atoms with Crippen molar-refractivity contribution in [3.05, 3.63) is 111 Å². The molecule has 1 amide bonds. The van der Waals surface area contributed by atoms with Crippen molar-refractivity contribution in [2.75, 3.05) is 19.6 Å². The Morgan fingerprint density at radius 2 is 1.61 bits per heavy atom. The minimum Gasteiger partial charge on any atom is -0.335 e. The van der Waals surface area contributed by atoms with Gasteiger partial charge in [0, 0.05) is 55.3 Å². The highest BCUT2D eigenvalue weighted by Crippen LogP contribution is 2.38. The third kappa shape index (κ3) is 5.81. The van der Waals surface area contributed by atoms with Gasteiger partial charge in [0.05, 0.1) is 4.92 Å². The number of carbonyl (C=O) groups is 1. The highest BCUT2D eigenvalue weighted by Gasteiger charge is 2.38. The van der Waals surface area contributed by atoms with Gasteiger partial charge in [-0.05, 0) is 48.9 Å². The number of hydrogen-bond acceptors (Lipinski definition) is 4. The number of rotatable bonds is 8. The Morgan fingerprint density at radius 1 is 0.921 bits per heavy atom. The van der Waals surface area contributed by atoms with E-state index in [4.69, 9.17) is 0 Å². The SMILES string of the molecule is Cc1ccccc1C1CN(Cc2ccccc2[N+](=O)[O-])CC1CN(C(=O)c1ccccc1)C1CCCCC1. The number of para-hydroxylation sites is 1. The molecule has 1 saturated heterocycles. The van der Waals surface area contributed by atoms with E-state index in [9.17, 15) is 14.9 Å². The summed E-state index contributed by atoms with van der Waals surface area (Å²) in [5.41, 5.74) is 4.24. The van der Waals surface area contributed by atoms with Crippen LogP contribution in [0, 0.1) is 23.0 Å². The monoisotopic (exact) mass is 511 g/mol. The first-order chi connectivity index (χ1) is 18.5. The first-order valence-electron chi connectivity index (χ1n) is 13.9. The Hall–Kier alpha value is -3.51. The molecule has 0 spiro atoms. The van der Waals surface area contributed by atoms with E-state index in [1.807, 2.05) is 42.5 Å². The van der Waals surface area contributed by atoms with E-state index in [0.29, 0.717) is 13.1 Å². The zero-order valence-corrected chi connectivity index (χ0v) is 22.2. The average Bonchev–Trinajstić information content (AvgIpc) is 3.34. The number of nitro groups is 1. The largest absolute Gasteiger partial charge is 0.335 e. The molecule has 3 aromatic carbocycles. The molecule has 1 aliphatic heterocycles.